The van der Waals surface area contributed by atoms with Gasteiger partial charge in [0.2, 0.25) is 0 Å². The van der Waals surface area contributed by atoms with E-state index in [2.05, 4.69) is 10.6 Å². The quantitative estimate of drug-likeness (QED) is 0.477. The van der Waals surface area contributed by atoms with Gasteiger partial charge in [-0.15, -0.1) is 0 Å². The van der Waals surface area contributed by atoms with Crippen LogP contribution in [-0.4, -0.2) is 43.5 Å². The van der Waals surface area contributed by atoms with Crippen LogP contribution in [0.25, 0.3) is 0 Å². The van der Waals surface area contributed by atoms with Crippen molar-refractivity contribution in [2.45, 2.75) is 25.6 Å². The molecular weight excluding hydrogens is 384 g/mol. The van der Waals surface area contributed by atoms with Crippen molar-refractivity contribution in [3.05, 3.63) is 58.9 Å². The van der Waals surface area contributed by atoms with Crippen molar-refractivity contribution in [3.8, 4) is 0 Å². The zero-order valence-electron chi connectivity index (χ0n) is 16.1. The molecule has 0 amide bonds. The van der Waals surface area contributed by atoms with E-state index in [1.54, 1.807) is 12.1 Å². The first-order chi connectivity index (χ1) is 13.8. The molecule has 0 saturated carbocycles. The van der Waals surface area contributed by atoms with E-state index in [1.807, 2.05) is 24.0 Å². The van der Waals surface area contributed by atoms with E-state index < -0.39 is 12.6 Å². The van der Waals surface area contributed by atoms with Gasteiger partial charge < -0.3 is 16.0 Å². The molecule has 1 aliphatic rings. The molecule has 3 N–H and O–H groups in total. The van der Waals surface area contributed by atoms with Crippen molar-refractivity contribution >= 4 is 17.6 Å². The van der Waals surface area contributed by atoms with Gasteiger partial charge in [-0.1, -0.05) is 0 Å². The van der Waals surface area contributed by atoms with E-state index in [0.717, 1.165) is 11.1 Å². The van der Waals surface area contributed by atoms with Crippen LogP contribution >= 0.6 is 0 Å². The Bertz CT molecular complexity index is 849. The van der Waals surface area contributed by atoms with Crippen LogP contribution in [0.1, 0.15) is 29.2 Å². The molecule has 0 aromatic heterocycles. The maximum atomic E-state index is 13.1. The summed E-state index contributed by atoms with van der Waals surface area (Å²) in [7, 11) is 0. The Morgan fingerprint density at radius 1 is 1.24 bits per heavy atom. The van der Waals surface area contributed by atoms with E-state index in [1.165, 1.54) is 18.3 Å². The van der Waals surface area contributed by atoms with Crippen LogP contribution in [0.2, 0.25) is 0 Å². The number of nitrogens with one attached hydrogen (secondary N) is 3. The van der Waals surface area contributed by atoms with Gasteiger partial charge in [-0.3, -0.25) is 4.90 Å². The molecule has 3 rings (SSSR count). The number of benzene rings is 2. The lowest BCUT2D eigenvalue weighted by atomic mass is 9.94. The average Bonchev–Trinajstić information content (AvgIpc) is 2.68. The normalized spacial score (nSPS) is 17.9. The molecule has 0 radical (unpaired) electrons. The van der Waals surface area contributed by atoms with Gasteiger partial charge in [-0.25, -0.2) is 4.39 Å². The van der Waals surface area contributed by atoms with Crippen LogP contribution in [0.3, 0.4) is 0 Å². The Balaban J connectivity index is 1.86. The Kier molecular flexibility index (Phi) is 6.54. The van der Waals surface area contributed by atoms with Gasteiger partial charge in [0, 0.05) is 55.4 Å². The maximum absolute atomic E-state index is 13.1. The fourth-order valence-corrected chi connectivity index (χ4v) is 3.61. The molecule has 8 heteroatoms. The summed E-state index contributed by atoms with van der Waals surface area (Å²) in [5.41, 5.74) is 3.83. The number of piperazine rings is 1. The highest BCUT2D eigenvalue weighted by Gasteiger charge is 2.32. The van der Waals surface area contributed by atoms with Gasteiger partial charge in [0.15, 0.2) is 0 Å². The van der Waals surface area contributed by atoms with E-state index in [9.17, 15) is 17.6 Å². The van der Waals surface area contributed by atoms with Gasteiger partial charge in [0.25, 0.3) is 0 Å². The molecule has 1 saturated heterocycles. The van der Waals surface area contributed by atoms with Gasteiger partial charge in [0.05, 0.1) is 6.42 Å². The third-order valence-electron chi connectivity index (χ3n) is 5.11. The van der Waals surface area contributed by atoms with Crippen molar-refractivity contribution < 1.29 is 17.6 Å². The van der Waals surface area contributed by atoms with Gasteiger partial charge in [0.1, 0.15) is 5.82 Å². The highest BCUT2D eigenvalue weighted by atomic mass is 19.4. The fourth-order valence-electron chi connectivity index (χ4n) is 3.61. The number of halogens is 4. The molecule has 1 heterocycles. The molecule has 2 aromatic carbocycles. The van der Waals surface area contributed by atoms with E-state index in [4.69, 9.17) is 5.41 Å². The zero-order chi connectivity index (χ0) is 21.0. The number of anilines is 2. The number of aryl methyl sites for hydroxylation is 1. The number of hydrogen-bond donors (Lipinski definition) is 3. The summed E-state index contributed by atoms with van der Waals surface area (Å²) in [6, 6.07) is 9.46. The maximum Gasteiger partial charge on any atom is 0.390 e. The highest BCUT2D eigenvalue weighted by Crippen LogP contribution is 2.32. The fraction of sp³-hybridized carbons (Fsp3) is 0.381. The smallest absolute Gasteiger partial charge is 0.355 e. The molecule has 4 nitrogen and oxygen atoms in total. The highest BCUT2D eigenvalue weighted by molar-refractivity contribution is 5.88. The average molecular weight is 408 g/mol. The van der Waals surface area contributed by atoms with Crippen molar-refractivity contribution in [1.82, 2.24) is 10.2 Å². The first-order valence-electron chi connectivity index (χ1n) is 9.46. The number of alkyl halides is 3. The zero-order valence-corrected chi connectivity index (χ0v) is 16.1. The molecule has 1 aliphatic heterocycles. The first kappa shape index (κ1) is 21.3. The molecule has 0 unspecified atom stereocenters. The number of nitrogens with zero attached hydrogens (tertiary/aromatic N) is 1. The van der Waals surface area contributed by atoms with Crippen LogP contribution in [-0.2, 0) is 0 Å². The lowest BCUT2D eigenvalue weighted by Crippen LogP contribution is -2.47. The Labute approximate surface area is 167 Å². The van der Waals surface area contributed by atoms with Gasteiger partial charge in [-0.05, 0) is 54.4 Å². The molecule has 0 aliphatic carbocycles. The van der Waals surface area contributed by atoms with Crippen molar-refractivity contribution in [3.63, 3.8) is 0 Å². The second-order valence-electron chi connectivity index (χ2n) is 7.19. The SMILES string of the molecule is Cc1cc(Nc2ccc(F)cc2)c(C=N)cc1[C@H]1CNCCN1CCC(F)(F)F. The predicted octanol–water partition coefficient (Wildman–Crippen LogP) is 4.77. The molecule has 29 heavy (non-hydrogen) atoms. The third-order valence-corrected chi connectivity index (χ3v) is 5.11. The summed E-state index contributed by atoms with van der Waals surface area (Å²) in [4.78, 5) is 1.85. The van der Waals surface area contributed by atoms with E-state index >= 15 is 0 Å². The summed E-state index contributed by atoms with van der Waals surface area (Å²) in [6.45, 7) is 3.60. The summed E-state index contributed by atoms with van der Waals surface area (Å²) >= 11 is 0. The summed E-state index contributed by atoms with van der Waals surface area (Å²) in [6.07, 6.45) is -3.82. The minimum Gasteiger partial charge on any atom is -0.355 e. The Morgan fingerprint density at radius 3 is 2.62 bits per heavy atom. The summed E-state index contributed by atoms with van der Waals surface area (Å²) in [5, 5.41) is 14.2. The van der Waals surface area contributed by atoms with Crippen LogP contribution in [0.15, 0.2) is 36.4 Å². The second-order valence-corrected chi connectivity index (χ2v) is 7.19. The van der Waals surface area contributed by atoms with Crippen LogP contribution in [0, 0.1) is 18.2 Å². The molecule has 156 valence electrons. The van der Waals surface area contributed by atoms with Gasteiger partial charge >= 0.3 is 6.18 Å². The minimum absolute atomic E-state index is 0.0508. The van der Waals surface area contributed by atoms with Crippen LogP contribution in [0.5, 0.6) is 0 Å². The third kappa shape index (κ3) is 5.55. The number of rotatable bonds is 6. The van der Waals surface area contributed by atoms with E-state index in [-0.39, 0.29) is 18.4 Å². The standard InChI is InChI=1S/C21H24F4N4/c1-14-10-19(28-17-4-2-16(22)3-5-17)15(12-26)11-18(14)20-13-27-7-9-29(20)8-6-21(23,24)25/h2-5,10-12,20,26-28H,6-9,13H2,1H3/t20-/m1/s1. The second kappa shape index (κ2) is 8.92. The van der Waals surface area contributed by atoms with Gasteiger partial charge in [-0.2, -0.15) is 13.2 Å². The molecule has 0 bridgehead atoms. The number of hydrogen-bond acceptors (Lipinski definition) is 4. The largest absolute Gasteiger partial charge is 0.390 e. The van der Waals surface area contributed by atoms with Crippen LogP contribution in [0.4, 0.5) is 28.9 Å². The lowest BCUT2D eigenvalue weighted by Gasteiger charge is -2.37. The molecule has 1 fully saturated rings. The monoisotopic (exact) mass is 408 g/mol. The van der Waals surface area contributed by atoms with Crippen LogP contribution < -0.4 is 10.6 Å². The molecule has 1 atom stereocenters. The van der Waals surface area contributed by atoms with Crippen molar-refractivity contribution in [2.75, 3.05) is 31.5 Å². The Morgan fingerprint density at radius 2 is 1.97 bits per heavy atom. The van der Waals surface area contributed by atoms with Crippen molar-refractivity contribution in [2.24, 2.45) is 0 Å². The molecule has 2 aromatic rings. The summed E-state index contributed by atoms with van der Waals surface area (Å²) in [5.74, 6) is -0.335. The minimum atomic E-state index is -4.19. The molecule has 0 spiro atoms. The van der Waals surface area contributed by atoms with E-state index in [0.29, 0.717) is 36.6 Å². The first-order valence-corrected chi connectivity index (χ1v) is 9.46. The molecular formula is C21H24F4N4. The lowest BCUT2D eigenvalue weighted by molar-refractivity contribution is -0.139. The Hall–Kier alpha value is -2.45. The predicted molar refractivity (Wildman–Crippen MR) is 107 cm³/mol. The summed E-state index contributed by atoms with van der Waals surface area (Å²) < 4.78 is 51.3. The topological polar surface area (TPSA) is 51.2 Å². The van der Waals surface area contributed by atoms with Crippen molar-refractivity contribution in [1.29, 1.82) is 5.41 Å².